The minimum absolute atomic E-state index is 0.0392. The SMILES string of the molecule is CNCCCNC1C(F)CC2C(=O)C(C(=O)O)=CN3C4C(CCC5CCCCC54)OC1C23. The molecule has 178 valence electrons. The van der Waals surface area contributed by atoms with Gasteiger partial charge in [-0.05, 0) is 64.1 Å². The number of aliphatic carboxylic acids is 1. The molecule has 0 radical (unpaired) electrons. The number of alkyl halides is 1. The molecule has 9 atom stereocenters. The third-order valence-corrected chi connectivity index (χ3v) is 8.70. The number of nitrogens with one attached hydrogen (secondary N) is 2. The second kappa shape index (κ2) is 9.03. The molecular formula is C24H36FN3O4. The van der Waals surface area contributed by atoms with Gasteiger partial charge in [0.2, 0.25) is 0 Å². The van der Waals surface area contributed by atoms with E-state index in [1.165, 1.54) is 19.3 Å². The average Bonchev–Trinajstić information content (AvgIpc) is 2.79. The number of hydrogen-bond acceptors (Lipinski definition) is 6. The zero-order valence-corrected chi connectivity index (χ0v) is 18.8. The van der Waals surface area contributed by atoms with E-state index < -0.39 is 36.0 Å². The summed E-state index contributed by atoms with van der Waals surface area (Å²) in [5.74, 6) is -1.21. The molecule has 5 rings (SSSR count). The van der Waals surface area contributed by atoms with Crippen molar-refractivity contribution >= 4 is 11.8 Å². The largest absolute Gasteiger partial charge is 0.478 e. The molecule has 7 nitrogen and oxygen atoms in total. The first-order chi connectivity index (χ1) is 15.5. The number of morpholine rings is 1. The van der Waals surface area contributed by atoms with Crippen molar-refractivity contribution in [2.45, 2.75) is 87.9 Å². The lowest BCUT2D eigenvalue weighted by Crippen LogP contribution is -2.74. The van der Waals surface area contributed by atoms with Crippen LogP contribution in [-0.2, 0) is 14.3 Å². The molecule has 0 aromatic heterocycles. The summed E-state index contributed by atoms with van der Waals surface area (Å²) in [5.41, 5.74) is -0.184. The third-order valence-electron chi connectivity index (χ3n) is 8.70. The summed E-state index contributed by atoms with van der Waals surface area (Å²) in [6.45, 7) is 1.52. The van der Waals surface area contributed by atoms with Crippen LogP contribution in [0.25, 0.3) is 0 Å². The maximum Gasteiger partial charge on any atom is 0.340 e. The van der Waals surface area contributed by atoms with Gasteiger partial charge < -0.3 is 25.4 Å². The van der Waals surface area contributed by atoms with E-state index >= 15 is 4.39 Å². The second-order valence-electron chi connectivity index (χ2n) is 10.4. The zero-order chi connectivity index (χ0) is 22.4. The van der Waals surface area contributed by atoms with Gasteiger partial charge in [0.1, 0.15) is 11.7 Å². The zero-order valence-electron chi connectivity index (χ0n) is 18.8. The molecule has 5 aliphatic rings. The van der Waals surface area contributed by atoms with Crippen LogP contribution in [0.2, 0.25) is 0 Å². The fourth-order valence-corrected chi connectivity index (χ4v) is 7.34. The van der Waals surface area contributed by atoms with Crippen LogP contribution in [0.4, 0.5) is 4.39 Å². The number of carbonyl (C=O) groups excluding carboxylic acids is 1. The van der Waals surface area contributed by atoms with Crippen molar-refractivity contribution < 1.29 is 23.8 Å². The summed E-state index contributed by atoms with van der Waals surface area (Å²) in [6.07, 6.45) is 7.63. The Morgan fingerprint density at radius 2 is 2.03 bits per heavy atom. The van der Waals surface area contributed by atoms with Gasteiger partial charge in [-0.15, -0.1) is 0 Å². The number of nitrogens with zero attached hydrogens (tertiary/aromatic N) is 1. The van der Waals surface area contributed by atoms with Crippen LogP contribution in [0.5, 0.6) is 0 Å². The molecule has 0 spiro atoms. The number of Topliss-reactive ketones (excluding diaryl/α,β-unsaturated/α-hetero) is 1. The third kappa shape index (κ3) is 3.68. The quantitative estimate of drug-likeness (QED) is 0.421. The van der Waals surface area contributed by atoms with E-state index in [0.29, 0.717) is 18.4 Å². The Hall–Kier alpha value is -1.51. The second-order valence-corrected chi connectivity index (χ2v) is 10.4. The van der Waals surface area contributed by atoms with Crippen LogP contribution in [0.1, 0.15) is 51.4 Å². The number of ketones is 1. The van der Waals surface area contributed by atoms with Crippen LogP contribution in [0, 0.1) is 17.8 Å². The average molecular weight is 450 g/mol. The predicted molar refractivity (Wildman–Crippen MR) is 117 cm³/mol. The van der Waals surface area contributed by atoms with E-state index in [1.807, 2.05) is 7.05 Å². The van der Waals surface area contributed by atoms with E-state index in [4.69, 9.17) is 4.74 Å². The van der Waals surface area contributed by atoms with Gasteiger partial charge in [0.15, 0.2) is 5.78 Å². The molecule has 4 fully saturated rings. The Morgan fingerprint density at radius 1 is 1.22 bits per heavy atom. The molecule has 32 heavy (non-hydrogen) atoms. The number of carbonyl (C=O) groups is 2. The summed E-state index contributed by atoms with van der Waals surface area (Å²) in [7, 11) is 1.90. The Bertz CT molecular complexity index is 776. The van der Waals surface area contributed by atoms with Crippen LogP contribution < -0.4 is 10.6 Å². The smallest absolute Gasteiger partial charge is 0.340 e. The summed E-state index contributed by atoms with van der Waals surface area (Å²) in [6, 6.07) is -0.684. The normalized spacial score (nSPS) is 43.1. The van der Waals surface area contributed by atoms with Crippen molar-refractivity contribution in [3.05, 3.63) is 11.8 Å². The lowest BCUT2D eigenvalue weighted by Gasteiger charge is -2.62. The molecule has 9 unspecified atom stereocenters. The molecular weight excluding hydrogens is 413 g/mol. The highest BCUT2D eigenvalue weighted by molar-refractivity contribution is 6.18. The lowest BCUT2D eigenvalue weighted by atomic mass is 9.63. The molecule has 0 bridgehead atoms. The standard InChI is InChI=1S/C24H36FN3O4/c1-26-9-4-10-27-19-17(25)11-15-21-23(19)32-18-8-7-13-5-2-3-6-14(13)20(18)28(21)12-16(22(15)29)24(30)31/h12-15,17-21,23,26-27H,2-11H2,1H3,(H,30,31). The number of rotatable bonds is 6. The van der Waals surface area contributed by atoms with Gasteiger partial charge in [0, 0.05) is 12.1 Å². The molecule has 3 saturated carbocycles. The monoisotopic (exact) mass is 449 g/mol. The van der Waals surface area contributed by atoms with E-state index in [0.717, 1.165) is 32.2 Å². The van der Waals surface area contributed by atoms with Crippen molar-refractivity contribution in [3.8, 4) is 0 Å². The number of hydrogen-bond donors (Lipinski definition) is 3. The van der Waals surface area contributed by atoms with E-state index in [1.54, 1.807) is 6.20 Å². The van der Waals surface area contributed by atoms with Crippen LogP contribution >= 0.6 is 0 Å². The van der Waals surface area contributed by atoms with Gasteiger partial charge in [0.25, 0.3) is 0 Å². The van der Waals surface area contributed by atoms with Gasteiger partial charge >= 0.3 is 5.97 Å². The van der Waals surface area contributed by atoms with E-state index in [9.17, 15) is 14.7 Å². The number of halogens is 1. The first kappa shape index (κ1) is 22.3. The van der Waals surface area contributed by atoms with Crippen molar-refractivity contribution in [1.29, 1.82) is 0 Å². The highest BCUT2D eigenvalue weighted by Gasteiger charge is 2.60. The Balaban J connectivity index is 1.49. The molecule has 3 N–H and O–H groups in total. The highest BCUT2D eigenvalue weighted by Crippen LogP contribution is 2.51. The molecule has 2 aliphatic heterocycles. The Kier molecular flexibility index (Phi) is 6.29. The van der Waals surface area contributed by atoms with Crippen LogP contribution in [0.3, 0.4) is 0 Å². The number of fused-ring (bicyclic) bond motifs is 4. The Labute approximate surface area is 189 Å². The van der Waals surface area contributed by atoms with Gasteiger partial charge in [-0.3, -0.25) is 4.79 Å². The first-order valence-corrected chi connectivity index (χ1v) is 12.5. The molecule has 2 heterocycles. The van der Waals surface area contributed by atoms with Crippen LogP contribution in [0.15, 0.2) is 11.8 Å². The molecule has 8 heteroatoms. The number of ether oxygens (including phenoxy) is 1. The number of carboxylic acids is 1. The van der Waals surface area contributed by atoms with E-state index in [-0.39, 0.29) is 30.2 Å². The van der Waals surface area contributed by atoms with Crippen molar-refractivity contribution in [3.63, 3.8) is 0 Å². The van der Waals surface area contributed by atoms with Gasteiger partial charge in [-0.2, -0.15) is 0 Å². The predicted octanol–water partition coefficient (Wildman–Crippen LogP) is 1.87. The Morgan fingerprint density at radius 3 is 2.81 bits per heavy atom. The van der Waals surface area contributed by atoms with Crippen molar-refractivity contribution in [2.24, 2.45) is 17.8 Å². The molecule has 3 aliphatic carbocycles. The maximum absolute atomic E-state index is 15.4. The fourth-order valence-electron chi connectivity index (χ4n) is 7.34. The van der Waals surface area contributed by atoms with E-state index in [2.05, 4.69) is 15.5 Å². The highest BCUT2D eigenvalue weighted by atomic mass is 19.1. The summed E-state index contributed by atoms with van der Waals surface area (Å²) >= 11 is 0. The van der Waals surface area contributed by atoms with Gasteiger partial charge in [-0.1, -0.05) is 19.3 Å². The minimum atomic E-state index is -1.24. The topological polar surface area (TPSA) is 90.9 Å². The lowest BCUT2D eigenvalue weighted by molar-refractivity contribution is -0.215. The first-order valence-electron chi connectivity index (χ1n) is 12.5. The molecule has 0 amide bonds. The van der Waals surface area contributed by atoms with Gasteiger partial charge in [0.05, 0.1) is 30.3 Å². The van der Waals surface area contributed by atoms with Crippen molar-refractivity contribution in [1.82, 2.24) is 15.5 Å². The number of carboxylic acid groups (broad SMARTS) is 1. The fraction of sp³-hybridized carbons (Fsp3) is 0.833. The molecule has 0 aromatic carbocycles. The summed E-state index contributed by atoms with van der Waals surface area (Å²) < 4.78 is 22.1. The van der Waals surface area contributed by atoms with Crippen LogP contribution in [-0.4, -0.2) is 78.4 Å². The maximum atomic E-state index is 15.4. The summed E-state index contributed by atoms with van der Waals surface area (Å²) in [4.78, 5) is 27.2. The van der Waals surface area contributed by atoms with Crippen molar-refractivity contribution in [2.75, 3.05) is 20.1 Å². The van der Waals surface area contributed by atoms with Gasteiger partial charge in [-0.25, -0.2) is 9.18 Å². The molecule has 0 aromatic rings. The summed E-state index contributed by atoms with van der Waals surface area (Å²) in [5, 5.41) is 16.2. The minimum Gasteiger partial charge on any atom is -0.478 e. The molecule has 1 saturated heterocycles.